The molecule has 8 N–H and O–H groups in total. The lowest BCUT2D eigenvalue weighted by Gasteiger charge is -2.41. The number of fused-ring (bicyclic) bond motifs is 1. The van der Waals surface area contributed by atoms with Gasteiger partial charge in [-0.1, -0.05) is 74.2 Å². The van der Waals surface area contributed by atoms with E-state index in [9.17, 15) is 40.9 Å². The van der Waals surface area contributed by atoms with Crippen LogP contribution in [0.1, 0.15) is 47.6 Å². The van der Waals surface area contributed by atoms with Gasteiger partial charge in [0.05, 0.1) is 0 Å². The zero-order chi connectivity index (χ0) is 41.5. The molecule has 0 radical (unpaired) electrons. The number of allylic oxidation sites excluding steroid dienone is 4. The van der Waals surface area contributed by atoms with Gasteiger partial charge in [0.2, 0.25) is 11.8 Å². The average molecular weight is 783 g/mol. The van der Waals surface area contributed by atoms with Crippen LogP contribution in [0.2, 0.25) is 0 Å². The molecule has 2 heterocycles. The van der Waals surface area contributed by atoms with Gasteiger partial charge in [-0.2, -0.15) is 0 Å². The number of amides is 2. The molecule has 296 valence electrons. The molecule has 58 heavy (non-hydrogen) atoms. The van der Waals surface area contributed by atoms with E-state index < -0.39 is 51.6 Å². The molecule has 2 aliphatic rings. The third-order valence-electron chi connectivity index (χ3n) is 11.3. The number of carbonyl (C=O) groups is 2. The van der Waals surface area contributed by atoms with Crippen molar-refractivity contribution >= 4 is 17.5 Å². The van der Waals surface area contributed by atoms with Gasteiger partial charge in [0, 0.05) is 30.0 Å². The van der Waals surface area contributed by atoms with Crippen LogP contribution in [0.4, 0.5) is 5.69 Å². The van der Waals surface area contributed by atoms with Gasteiger partial charge in [-0.05, 0) is 102 Å². The van der Waals surface area contributed by atoms with Crippen molar-refractivity contribution in [2.75, 3.05) is 18.0 Å². The quantitative estimate of drug-likeness (QED) is 0.0575. The molecule has 12 nitrogen and oxygen atoms in total. The molecule has 5 aromatic carbocycles. The van der Waals surface area contributed by atoms with Crippen molar-refractivity contribution in [2.45, 2.75) is 30.6 Å². The highest BCUT2D eigenvalue weighted by molar-refractivity contribution is 6.13. The van der Waals surface area contributed by atoms with Crippen molar-refractivity contribution in [3.05, 3.63) is 161 Å². The first-order valence-corrected chi connectivity index (χ1v) is 18.6. The van der Waals surface area contributed by atoms with Crippen LogP contribution in [0.25, 0.3) is 0 Å². The molecule has 1 unspecified atom stereocenters. The van der Waals surface area contributed by atoms with Gasteiger partial charge in [0.1, 0.15) is 10.8 Å². The van der Waals surface area contributed by atoms with E-state index >= 15 is 9.59 Å². The number of phenolic OH excluding ortho intramolecular Hbond substituents is 8. The average Bonchev–Trinajstić information content (AvgIpc) is 3.47. The fourth-order valence-electron chi connectivity index (χ4n) is 8.34. The summed E-state index contributed by atoms with van der Waals surface area (Å²) in [6, 6.07) is 23.6. The minimum Gasteiger partial charge on any atom is -0.504 e. The summed E-state index contributed by atoms with van der Waals surface area (Å²) in [7, 11) is 0. The summed E-state index contributed by atoms with van der Waals surface area (Å²) in [4.78, 5) is 33.4. The van der Waals surface area contributed by atoms with Crippen LogP contribution in [0.15, 0.2) is 134 Å². The Morgan fingerprint density at radius 2 is 1.00 bits per heavy atom. The van der Waals surface area contributed by atoms with Gasteiger partial charge in [-0.25, -0.2) is 0 Å². The summed E-state index contributed by atoms with van der Waals surface area (Å²) in [5, 5.41) is 83.4. The van der Waals surface area contributed by atoms with Gasteiger partial charge in [-0.15, -0.1) is 0 Å². The van der Waals surface area contributed by atoms with Crippen molar-refractivity contribution in [2.24, 2.45) is 5.92 Å². The predicted octanol–water partition coefficient (Wildman–Crippen LogP) is 6.88. The van der Waals surface area contributed by atoms with Crippen molar-refractivity contribution in [1.29, 1.82) is 0 Å². The van der Waals surface area contributed by atoms with Gasteiger partial charge in [0.25, 0.3) is 0 Å². The zero-order valence-corrected chi connectivity index (χ0v) is 31.4. The Labute approximate surface area is 334 Å². The smallest absolute Gasteiger partial charge is 0.246 e. The van der Waals surface area contributed by atoms with Crippen LogP contribution in [0.3, 0.4) is 0 Å². The molecule has 5 aromatic rings. The second kappa shape index (κ2) is 15.0. The summed E-state index contributed by atoms with van der Waals surface area (Å²) in [6.07, 6.45) is 7.75. The minimum atomic E-state index is -1.61. The Morgan fingerprint density at radius 3 is 1.50 bits per heavy atom. The highest BCUT2D eigenvalue weighted by Gasteiger charge is 2.54. The minimum absolute atomic E-state index is 0.122. The van der Waals surface area contributed by atoms with Crippen molar-refractivity contribution in [1.82, 2.24) is 4.90 Å². The van der Waals surface area contributed by atoms with Gasteiger partial charge >= 0.3 is 0 Å². The highest BCUT2D eigenvalue weighted by Crippen LogP contribution is 2.53. The molecule has 0 aromatic heterocycles. The molecule has 0 bridgehead atoms. The summed E-state index contributed by atoms with van der Waals surface area (Å²) in [5.74, 6) is -4.83. The second-order valence-electron chi connectivity index (χ2n) is 14.5. The molecule has 0 fully saturated rings. The van der Waals surface area contributed by atoms with Gasteiger partial charge in [0.15, 0.2) is 46.0 Å². The van der Waals surface area contributed by atoms with E-state index in [2.05, 4.69) is 6.58 Å². The van der Waals surface area contributed by atoms with E-state index in [1.165, 1.54) is 77.7 Å². The number of aromatic hydroxyl groups is 8. The predicted molar refractivity (Wildman–Crippen MR) is 216 cm³/mol. The molecule has 12 heteroatoms. The Morgan fingerprint density at radius 1 is 0.552 bits per heavy atom. The monoisotopic (exact) mass is 782 g/mol. The number of para-hydroxylation sites is 1. The Hall–Kier alpha value is -7.34. The lowest BCUT2D eigenvalue weighted by molar-refractivity contribution is -0.135. The lowest BCUT2D eigenvalue weighted by Crippen LogP contribution is -2.50. The van der Waals surface area contributed by atoms with Crippen LogP contribution in [0.5, 0.6) is 46.0 Å². The topological polar surface area (TPSA) is 202 Å². The Balaban J connectivity index is 1.25. The maximum absolute atomic E-state index is 15.3. The van der Waals surface area contributed by atoms with E-state index in [1.54, 1.807) is 47.4 Å². The third-order valence-corrected chi connectivity index (χ3v) is 11.3. The SMILES string of the molecule is C=C1/C=C\C=C/C(C)C(c2ccc(O)c(O)c2)(c2ccc(O)c(O)c2)C(=O)N1CCCCN1C(=O)C(c2ccc(O)c(O)c2)(c2ccc(O)c(O)c2)c2ccccc21. The number of phenols is 8. The van der Waals surface area contributed by atoms with Gasteiger partial charge in [-0.3, -0.25) is 9.59 Å². The molecular weight excluding hydrogens is 741 g/mol. The number of hydrogen-bond acceptors (Lipinski definition) is 10. The maximum atomic E-state index is 15.3. The number of hydrogen-bond donors (Lipinski definition) is 8. The summed E-state index contributed by atoms with van der Waals surface area (Å²) in [5.41, 5.74) is -0.498. The molecule has 0 spiro atoms. The highest BCUT2D eigenvalue weighted by atomic mass is 16.3. The first kappa shape index (κ1) is 38.9. The molecule has 2 amide bonds. The fraction of sp³-hybridized carbons (Fsp3) is 0.174. The van der Waals surface area contributed by atoms with Gasteiger partial charge < -0.3 is 50.7 Å². The molecule has 0 aliphatic carbocycles. The fourth-order valence-corrected chi connectivity index (χ4v) is 8.34. The van der Waals surface area contributed by atoms with Crippen LogP contribution in [-0.4, -0.2) is 70.7 Å². The number of unbranched alkanes of at least 4 members (excludes halogenated alkanes) is 1. The van der Waals surface area contributed by atoms with Crippen molar-refractivity contribution < 1.29 is 50.4 Å². The maximum Gasteiger partial charge on any atom is 0.246 e. The molecule has 2 aliphatic heterocycles. The Bertz CT molecular complexity index is 2420. The van der Waals surface area contributed by atoms with Crippen LogP contribution >= 0.6 is 0 Å². The number of carbonyl (C=O) groups excluding carboxylic acids is 2. The lowest BCUT2D eigenvalue weighted by atomic mass is 9.65. The second-order valence-corrected chi connectivity index (χ2v) is 14.5. The summed E-state index contributed by atoms with van der Waals surface area (Å²) >= 11 is 0. The van der Waals surface area contributed by atoms with E-state index in [4.69, 9.17) is 0 Å². The van der Waals surface area contributed by atoms with Crippen molar-refractivity contribution in [3.8, 4) is 46.0 Å². The van der Waals surface area contributed by atoms with E-state index in [-0.39, 0.29) is 36.1 Å². The third kappa shape index (κ3) is 6.19. The number of nitrogens with zero attached hydrogens (tertiary/aromatic N) is 2. The number of rotatable bonds is 9. The molecule has 0 saturated heterocycles. The van der Waals surface area contributed by atoms with E-state index in [0.717, 1.165) is 0 Å². The standard InChI is InChI=1S/C46H42N2O10/c1-27-9-3-4-10-28(2)47(43(57)45(27,29-13-17-35(49)39(53)23-29)30-14-18-36(50)40(54)24-30)21-7-8-22-48-34-12-6-5-11-33(34)46(44(48)58,31-15-19-37(51)41(55)25-31)32-16-20-38(52)42(56)26-32/h3-6,9-20,23-27,49-56H,2,7-8,21-22H2,1H3/b9-3-,10-4-. The van der Waals surface area contributed by atoms with Crippen LogP contribution in [-0.2, 0) is 20.4 Å². The first-order chi connectivity index (χ1) is 27.7. The van der Waals surface area contributed by atoms with E-state index in [1.807, 2.05) is 13.0 Å². The molecular formula is C46H42N2O10. The first-order valence-electron chi connectivity index (χ1n) is 18.6. The van der Waals surface area contributed by atoms with E-state index in [0.29, 0.717) is 52.0 Å². The number of anilines is 1. The van der Waals surface area contributed by atoms with Crippen molar-refractivity contribution in [3.63, 3.8) is 0 Å². The van der Waals surface area contributed by atoms with Crippen LogP contribution in [0, 0.1) is 5.92 Å². The number of benzene rings is 5. The Kier molecular flexibility index (Phi) is 10.0. The normalized spacial score (nSPS) is 18.3. The summed E-state index contributed by atoms with van der Waals surface area (Å²) in [6.45, 7) is 6.32. The molecule has 7 rings (SSSR count). The largest absolute Gasteiger partial charge is 0.504 e. The van der Waals surface area contributed by atoms with Crippen LogP contribution < -0.4 is 4.90 Å². The molecule has 1 atom stereocenters. The molecule has 0 saturated carbocycles. The zero-order valence-electron chi connectivity index (χ0n) is 31.4. The summed E-state index contributed by atoms with van der Waals surface area (Å²) < 4.78 is 0.